The lowest BCUT2D eigenvalue weighted by Gasteiger charge is -2.13. The maximum Gasteiger partial charge on any atom is 0.354 e. The van der Waals surface area contributed by atoms with Crippen LogP contribution in [-0.2, 0) is 6.54 Å². The second-order valence-corrected chi connectivity index (χ2v) is 6.52. The second-order valence-electron chi connectivity index (χ2n) is 6.52. The number of carboxylic acids is 1. The highest BCUT2D eigenvalue weighted by Gasteiger charge is 2.22. The van der Waals surface area contributed by atoms with Gasteiger partial charge in [0.05, 0.1) is 12.2 Å². The molecule has 6 heteroatoms. The van der Waals surface area contributed by atoms with E-state index in [1.165, 1.54) is 6.20 Å². The van der Waals surface area contributed by atoms with Gasteiger partial charge in [-0.05, 0) is 29.3 Å². The summed E-state index contributed by atoms with van der Waals surface area (Å²) in [6.07, 6.45) is 3.75. The van der Waals surface area contributed by atoms with E-state index in [4.69, 9.17) is 0 Å². The molecule has 6 nitrogen and oxygen atoms in total. The molecule has 0 unspecified atom stereocenters. The highest BCUT2D eigenvalue weighted by atomic mass is 16.4. The van der Waals surface area contributed by atoms with E-state index in [-0.39, 0.29) is 5.69 Å². The van der Waals surface area contributed by atoms with Crippen LogP contribution in [0.4, 0.5) is 0 Å². The van der Waals surface area contributed by atoms with E-state index in [1.54, 1.807) is 23.8 Å². The molecule has 0 saturated heterocycles. The molecule has 0 atom stereocenters. The molecule has 2 heterocycles. The highest BCUT2D eigenvalue weighted by molar-refractivity contribution is 5.89. The van der Waals surface area contributed by atoms with Crippen molar-refractivity contribution in [1.82, 2.24) is 14.5 Å². The van der Waals surface area contributed by atoms with Crippen LogP contribution in [0.3, 0.4) is 0 Å². The predicted octanol–water partition coefficient (Wildman–Crippen LogP) is 3.97. The normalized spacial score (nSPS) is 10.9. The Morgan fingerprint density at radius 2 is 1.93 bits per heavy atom. The van der Waals surface area contributed by atoms with Crippen molar-refractivity contribution in [1.29, 1.82) is 0 Å². The largest absolute Gasteiger partial charge is 0.477 e. The van der Waals surface area contributed by atoms with E-state index >= 15 is 0 Å². The standard InChI is InChI=1S/C22H17N3O3/c1-14-20(22(27)28)25(21(24-14)18-9-15(13-26)10-23-11-18)12-17-7-4-6-16-5-2-3-8-19(16)17/h2-11,13H,12H2,1H3,(H,27,28). The minimum Gasteiger partial charge on any atom is -0.477 e. The van der Waals surface area contributed by atoms with Crippen LogP contribution in [0.25, 0.3) is 22.2 Å². The van der Waals surface area contributed by atoms with Crippen LogP contribution in [0.5, 0.6) is 0 Å². The average molecular weight is 371 g/mol. The molecule has 0 aliphatic rings. The summed E-state index contributed by atoms with van der Waals surface area (Å²) >= 11 is 0. The Bertz CT molecular complexity index is 1210. The number of aldehydes is 1. The molecule has 2 aromatic heterocycles. The molecule has 0 saturated carbocycles. The van der Waals surface area contributed by atoms with Gasteiger partial charge in [-0.25, -0.2) is 9.78 Å². The van der Waals surface area contributed by atoms with Gasteiger partial charge in [0, 0.05) is 23.5 Å². The van der Waals surface area contributed by atoms with Crippen molar-refractivity contribution in [3.63, 3.8) is 0 Å². The molecule has 0 aliphatic heterocycles. The molecule has 138 valence electrons. The SMILES string of the molecule is Cc1nc(-c2cncc(C=O)c2)n(Cc2cccc3ccccc23)c1C(=O)O. The number of hydrogen-bond donors (Lipinski definition) is 1. The average Bonchev–Trinajstić information content (AvgIpc) is 3.04. The molecule has 0 spiro atoms. The Morgan fingerprint density at radius 3 is 2.71 bits per heavy atom. The fraction of sp³-hybridized carbons (Fsp3) is 0.0909. The lowest BCUT2D eigenvalue weighted by molar-refractivity contribution is 0.0684. The van der Waals surface area contributed by atoms with Gasteiger partial charge >= 0.3 is 5.97 Å². The third kappa shape index (κ3) is 3.05. The number of imidazole rings is 1. The number of carbonyl (C=O) groups is 2. The molecule has 2 aromatic carbocycles. The van der Waals surface area contributed by atoms with E-state index in [9.17, 15) is 14.7 Å². The third-order valence-electron chi connectivity index (χ3n) is 4.71. The molecule has 0 aliphatic carbocycles. The summed E-state index contributed by atoms with van der Waals surface area (Å²) < 4.78 is 1.67. The lowest BCUT2D eigenvalue weighted by atomic mass is 10.0. The van der Waals surface area contributed by atoms with Crippen molar-refractivity contribution >= 4 is 23.0 Å². The molecule has 28 heavy (non-hydrogen) atoms. The van der Waals surface area contributed by atoms with Crippen LogP contribution in [-0.4, -0.2) is 31.9 Å². The summed E-state index contributed by atoms with van der Waals surface area (Å²) in [5, 5.41) is 11.9. The number of aromatic nitrogens is 3. The number of aromatic carboxylic acids is 1. The molecular weight excluding hydrogens is 354 g/mol. The van der Waals surface area contributed by atoms with Gasteiger partial charge in [0.2, 0.25) is 0 Å². The van der Waals surface area contributed by atoms with Gasteiger partial charge in [0.25, 0.3) is 0 Å². The first-order valence-electron chi connectivity index (χ1n) is 8.76. The Morgan fingerprint density at radius 1 is 1.14 bits per heavy atom. The van der Waals surface area contributed by atoms with Crippen LogP contribution >= 0.6 is 0 Å². The van der Waals surface area contributed by atoms with Gasteiger partial charge in [-0.3, -0.25) is 9.78 Å². The van der Waals surface area contributed by atoms with Crippen LogP contribution in [0, 0.1) is 6.92 Å². The van der Waals surface area contributed by atoms with E-state index in [2.05, 4.69) is 9.97 Å². The molecule has 0 radical (unpaired) electrons. The summed E-state index contributed by atoms with van der Waals surface area (Å²) in [5.41, 5.74) is 2.53. The topological polar surface area (TPSA) is 85.1 Å². The van der Waals surface area contributed by atoms with Crippen molar-refractivity contribution in [2.45, 2.75) is 13.5 Å². The third-order valence-corrected chi connectivity index (χ3v) is 4.71. The van der Waals surface area contributed by atoms with Gasteiger partial charge in [0.15, 0.2) is 12.0 Å². The van der Waals surface area contributed by atoms with Crippen LogP contribution in [0.1, 0.15) is 32.1 Å². The fourth-order valence-electron chi connectivity index (χ4n) is 3.46. The Kier molecular flexibility index (Phi) is 4.45. The number of nitrogens with zero attached hydrogens (tertiary/aromatic N) is 3. The first-order chi connectivity index (χ1) is 13.6. The van der Waals surface area contributed by atoms with Crippen molar-refractivity contribution in [2.24, 2.45) is 0 Å². The number of carboxylic acid groups (broad SMARTS) is 1. The Balaban J connectivity index is 1.92. The summed E-state index contributed by atoms with van der Waals surface area (Å²) in [4.78, 5) is 31.6. The number of benzene rings is 2. The van der Waals surface area contributed by atoms with Gasteiger partial charge in [0.1, 0.15) is 5.82 Å². The van der Waals surface area contributed by atoms with Crippen molar-refractivity contribution in [3.8, 4) is 11.4 Å². The molecular formula is C22H17N3O3. The summed E-state index contributed by atoms with van der Waals surface area (Å²) in [6, 6.07) is 15.6. The quantitative estimate of drug-likeness (QED) is 0.537. The van der Waals surface area contributed by atoms with Crippen LogP contribution < -0.4 is 0 Å². The maximum absolute atomic E-state index is 11.9. The van der Waals surface area contributed by atoms with E-state index in [1.807, 2.05) is 42.5 Å². The molecule has 0 fully saturated rings. The zero-order valence-electron chi connectivity index (χ0n) is 15.2. The zero-order valence-corrected chi connectivity index (χ0v) is 15.2. The van der Waals surface area contributed by atoms with Crippen LogP contribution in [0.2, 0.25) is 0 Å². The second kappa shape index (κ2) is 7.08. The molecule has 0 bridgehead atoms. The number of aryl methyl sites for hydroxylation is 1. The Hall–Kier alpha value is -3.80. The smallest absolute Gasteiger partial charge is 0.354 e. The maximum atomic E-state index is 11.9. The number of hydrogen-bond acceptors (Lipinski definition) is 4. The van der Waals surface area contributed by atoms with Gasteiger partial charge in [-0.1, -0.05) is 42.5 Å². The molecule has 4 rings (SSSR count). The van der Waals surface area contributed by atoms with Gasteiger partial charge in [-0.2, -0.15) is 0 Å². The Labute approximate surface area is 161 Å². The van der Waals surface area contributed by atoms with E-state index < -0.39 is 5.97 Å². The predicted molar refractivity (Wildman–Crippen MR) is 106 cm³/mol. The first-order valence-corrected chi connectivity index (χ1v) is 8.76. The minimum atomic E-state index is -1.05. The number of rotatable bonds is 5. The summed E-state index contributed by atoms with van der Waals surface area (Å²) in [5.74, 6) is -0.574. The van der Waals surface area contributed by atoms with Crippen LogP contribution in [0.15, 0.2) is 60.9 Å². The fourth-order valence-corrected chi connectivity index (χ4v) is 3.46. The number of pyridine rings is 1. The van der Waals surface area contributed by atoms with Gasteiger partial charge < -0.3 is 9.67 Å². The minimum absolute atomic E-state index is 0.124. The highest BCUT2D eigenvalue weighted by Crippen LogP contribution is 2.26. The van der Waals surface area contributed by atoms with Crippen molar-refractivity contribution in [2.75, 3.05) is 0 Å². The molecule has 0 amide bonds. The van der Waals surface area contributed by atoms with Crippen molar-refractivity contribution < 1.29 is 14.7 Å². The van der Waals surface area contributed by atoms with Gasteiger partial charge in [-0.15, -0.1) is 0 Å². The number of fused-ring (bicyclic) bond motifs is 1. The molecule has 1 N–H and O–H groups in total. The number of carbonyl (C=O) groups excluding carboxylic acids is 1. The zero-order chi connectivity index (χ0) is 19.7. The summed E-state index contributed by atoms with van der Waals surface area (Å²) in [7, 11) is 0. The molecule has 4 aromatic rings. The van der Waals surface area contributed by atoms with E-state index in [0.717, 1.165) is 16.3 Å². The lowest BCUT2D eigenvalue weighted by Crippen LogP contribution is -2.12. The summed E-state index contributed by atoms with van der Waals surface area (Å²) in [6.45, 7) is 2.01. The van der Waals surface area contributed by atoms with E-state index in [0.29, 0.717) is 35.5 Å². The first kappa shape index (κ1) is 17.6. The monoisotopic (exact) mass is 371 g/mol. The van der Waals surface area contributed by atoms with Crippen molar-refractivity contribution in [3.05, 3.63) is 83.4 Å².